The van der Waals surface area contributed by atoms with E-state index in [0.717, 1.165) is 6.07 Å². The lowest BCUT2D eigenvalue weighted by Crippen LogP contribution is -2.42. The molecule has 1 aromatic carbocycles. The van der Waals surface area contributed by atoms with Gasteiger partial charge in [-0.2, -0.15) is 0 Å². The van der Waals surface area contributed by atoms with E-state index in [2.05, 4.69) is 0 Å². The second-order valence-electron chi connectivity index (χ2n) is 4.75. The number of likely N-dealkylation sites (tertiary alicyclic amines) is 1. The maximum absolute atomic E-state index is 13.5. The largest absolute Gasteiger partial charge is 0.481 e. The second-order valence-corrected chi connectivity index (χ2v) is 4.75. The van der Waals surface area contributed by atoms with Gasteiger partial charge in [0.1, 0.15) is 5.82 Å². The molecule has 1 saturated heterocycles. The Morgan fingerprint density at radius 3 is 2.80 bits per heavy atom. The van der Waals surface area contributed by atoms with E-state index in [1.165, 1.54) is 17.0 Å². The molecule has 103 valence electrons. The standard InChI is InChI=1S/C15H13FNO3/c1-2-10-5-6-11(8-13(10)16)14(18)17-7-3-4-12(9-17)15(19)20/h5-6,8,12H,3-4,7,9H2,(H,19,20). The Kier molecular flexibility index (Phi) is 4.04. The van der Waals surface area contributed by atoms with Crippen LogP contribution in [0.2, 0.25) is 0 Å². The fourth-order valence-corrected chi connectivity index (χ4v) is 2.30. The molecule has 1 heterocycles. The molecule has 20 heavy (non-hydrogen) atoms. The van der Waals surface area contributed by atoms with Crippen LogP contribution in [0.3, 0.4) is 0 Å². The minimum atomic E-state index is -0.914. The van der Waals surface area contributed by atoms with Crippen LogP contribution < -0.4 is 0 Å². The van der Waals surface area contributed by atoms with E-state index in [-0.39, 0.29) is 23.6 Å². The number of carbonyl (C=O) groups excluding carboxylic acids is 1. The van der Waals surface area contributed by atoms with Crippen molar-refractivity contribution in [3.8, 4) is 5.92 Å². The minimum Gasteiger partial charge on any atom is -0.481 e. The first-order chi connectivity index (χ1) is 9.52. The van der Waals surface area contributed by atoms with Crippen molar-refractivity contribution in [2.45, 2.75) is 12.8 Å². The van der Waals surface area contributed by atoms with E-state index < -0.39 is 17.7 Å². The summed E-state index contributed by atoms with van der Waals surface area (Å²) in [4.78, 5) is 24.6. The SMILES string of the molecule is [C]#Cc1ccc(C(=O)N2CCCC(C(=O)O)C2)cc1F. The number of hydrogen-bond acceptors (Lipinski definition) is 2. The molecule has 0 spiro atoms. The molecule has 0 bridgehead atoms. The third kappa shape index (κ3) is 2.80. The van der Waals surface area contributed by atoms with Gasteiger partial charge in [0.15, 0.2) is 0 Å². The van der Waals surface area contributed by atoms with Crippen molar-refractivity contribution >= 4 is 11.9 Å². The molecule has 1 atom stereocenters. The molecule has 0 aliphatic carbocycles. The van der Waals surface area contributed by atoms with E-state index in [1.54, 1.807) is 0 Å². The second kappa shape index (κ2) is 5.74. The molecule has 5 heteroatoms. The molecule has 1 aliphatic rings. The summed E-state index contributed by atoms with van der Waals surface area (Å²) < 4.78 is 13.5. The highest BCUT2D eigenvalue weighted by molar-refractivity contribution is 5.94. The van der Waals surface area contributed by atoms with Gasteiger partial charge >= 0.3 is 5.97 Å². The molecule has 1 radical (unpaired) electrons. The normalized spacial score (nSPS) is 18.4. The number of rotatable bonds is 2. The molecule has 1 fully saturated rings. The van der Waals surface area contributed by atoms with Crippen LogP contribution in [-0.2, 0) is 4.79 Å². The summed E-state index contributed by atoms with van der Waals surface area (Å²) in [7, 11) is 0. The molecule has 1 N–H and O–H groups in total. The van der Waals surface area contributed by atoms with Crippen molar-refractivity contribution in [3.63, 3.8) is 0 Å². The van der Waals surface area contributed by atoms with Crippen LogP contribution in [0.4, 0.5) is 4.39 Å². The first-order valence-electron chi connectivity index (χ1n) is 6.27. The zero-order valence-corrected chi connectivity index (χ0v) is 10.7. The maximum Gasteiger partial charge on any atom is 0.308 e. The lowest BCUT2D eigenvalue weighted by molar-refractivity contribution is -0.143. The number of carbonyl (C=O) groups is 2. The molecule has 1 aromatic rings. The van der Waals surface area contributed by atoms with E-state index in [4.69, 9.17) is 11.5 Å². The zero-order chi connectivity index (χ0) is 14.7. The number of amides is 1. The first-order valence-corrected chi connectivity index (χ1v) is 6.27. The predicted octanol–water partition coefficient (Wildman–Crippen LogP) is 1.70. The number of carboxylic acids is 1. The molecule has 0 saturated carbocycles. The Morgan fingerprint density at radius 2 is 2.20 bits per heavy atom. The predicted molar refractivity (Wildman–Crippen MR) is 68.9 cm³/mol. The fourth-order valence-electron chi connectivity index (χ4n) is 2.30. The molecule has 0 aromatic heterocycles. The van der Waals surface area contributed by atoms with Crippen LogP contribution in [0.25, 0.3) is 0 Å². The number of nitrogens with zero attached hydrogens (tertiary/aromatic N) is 1. The van der Waals surface area contributed by atoms with Crippen molar-refractivity contribution in [2.24, 2.45) is 5.92 Å². The van der Waals surface area contributed by atoms with Gasteiger partial charge in [-0.15, -0.1) is 0 Å². The average molecular weight is 274 g/mol. The number of piperidine rings is 1. The molecule has 1 unspecified atom stereocenters. The van der Waals surface area contributed by atoms with Gasteiger partial charge in [-0.25, -0.2) is 4.39 Å². The Balaban J connectivity index is 2.17. The van der Waals surface area contributed by atoms with Crippen molar-refractivity contribution in [1.82, 2.24) is 4.90 Å². The summed E-state index contributed by atoms with van der Waals surface area (Å²) in [5.74, 6) is -0.608. The summed E-state index contributed by atoms with van der Waals surface area (Å²) in [5.41, 5.74) is 0.149. The molecule has 4 nitrogen and oxygen atoms in total. The summed E-state index contributed by atoms with van der Waals surface area (Å²) in [6.45, 7) is 0.622. The van der Waals surface area contributed by atoms with E-state index in [0.29, 0.717) is 19.4 Å². The summed E-state index contributed by atoms with van der Waals surface area (Å²) in [6, 6.07) is 3.80. The third-order valence-electron chi connectivity index (χ3n) is 3.41. The zero-order valence-electron chi connectivity index (χ0n) is 10.7. The molecule has 2 rings (SSSR count). The number of benzene rings is 1. The summed E-state index contributed by atoms with van der Waals surface area (Å²) in [5, 5.41) is 8.99. The highest BCUT2D eigenvalue weighted by atomic mass is 19.1. The van der Waals surface area contributed by atoms with Crippen LogP contribution in [0.5, 0.6) is 0 Å². The number of aliphatic carboxylic acids is 1. The quantitative estimate of drug-likeness (QED) is 0.835. The van der Waals surface area contributed by atoms with Gasteiger partial charge in [-0.05, 0) is 43.4 Å². The Bertz CT molecular complexity index is 591. The lowest BCUT2D eigenvalue weighted by Gasteiger charge is -2.30. The van der Waals surface area contributed by atoms with Crippen molar-refractivity contribution < 1.29 is 19.1 Å². The number of halogens is 1. The number of carboxylic acid groups (broad SMARTS) is 1. The Morgan fingerprint density at radius 1 is 1.45 bits per heavy atom. The summed E-state index contributed by atoms with van der Waals surface area (Å²) in [6.07, 6.45) is 8.05. The highest BCUT2D eigenvalue weighted by Gasteiger charge is 2.28. The van der Waals surface area contributed by atoms with Gasteiger partial charge in [-0.3, -0.25) is 9.59 Å². The van der Waals surface area contributed by atoms with Gasteiger partial charge in [0.05, 0.1) is 11.5 Å². The molecular formula is C15H13FNO3. The van der Waals surface area contributed by atoms with Gasteiger partial charge in [-0.1, -0.05) is 0 Å². The van der Waals surface area contributed by atoms with Crippen LogP contribution in [-0.4, -0.2) is 35.0 Å². The molecule has 1 amide bonds. The molecule has 1 aliphatic heterocycles. The minimum absolute atomic E-state index is 0.0105. The topological polar surface area (TPSA) is 57.6 Å². The van der Waals surface area contributed by atoms with Gasteiger partial charge in [0.2, 0.25) is 0 Å². The average Bonchev–Trinajstić information content (AvgIpc) is 2.46. The third-order valence-corrected chi connectivity index (χ3v) is 3.41. The fraction of sp³-hybridized carbons (Fsp3) is 0.333. The smallest absolute Gasteiger partial charge is 0.308 e. The monoisotopic (exact) mass is 274 g/mol. The van der Waals surface area contributed by atoms with E-state index in [9.17, 15) is 14.0 Å². The maximum atomic E-state index is 13.5. The first kappa shape index (κ1) is 14.1. The lowest BCUT2D eigenvalue weighted by atomic mass is 9.97. The Labute approximate surface area is 116 Å². The van der Waals surface area contributed by atoms with E-state index >= 15 is 0 Å². The van der Waals surface area contributed by atoms with Crippen molar-refractivity contribution in [1.29, 1.82) is 0 Å². The highest BCUT2D eigenvalue weighted by Crippen LogP contribution is 2.19. The van der Waals surface area contributed by atoms with Crippen LogP contribution in [0.15, 0.2) is 18.2 Å². The molecular weight excluding hydrogens is 261 g/mol. The number of hydrogen-bond donors (Lipinski definition) is 1. The summed E-state index contributed by atoms with van der Waals surface area (Å²) >= 11 is 0. The van der Waals surface area contributed by atoms with Gasteiger partial charge in [0.25, 0.3) is 5.91 Å². The van der Waals surface area contributed by atoms with Crippen molar-refractivity contribution in [3.05, 3.63) is 41.6 Å². The van der Waals surface area contributed by atoms with Gasteiger partial charge in [0, 0.05) is 18.7 Å². The Hall–Kier alpha value is -2.35. The van der Waals surface area contributed by atoms with Crippen LogP contribution in [0.1, 0.15) is 28.8 Å². The van der Waals surface area contributed by atoms with Crippen LogP contribution in [0, 0.1) is 24.1 Å². The van der Waals surface area contributed by atoms with Crippen molar-refractivity contribution in [2.75, 3.05) is 13.1 Å². The van der Waals surface area contributed by atoms with Gasteiger partial charge < -0.3 is 10.0 Å². The van der Waals surface area contributed by atoms with Crippen LogP contribution >= 0.6 is 0 Å². The van der Waals surface area contributed by atoms with E-state index in [1.807, 2.05) is 5.92 Å².